The predicted octanol–water partition coefficient (Wildman–Crippen LogP) is 3.93. The molecule has 0 saturated heterocycles. The van der Waals surface area contributed by atoms with Gasteiger partial charge in [0.25, 0.3) is 0 Å². The summed E-state index contributed by atoms with van der Waals surface area (Å²) in [6.45, 7) is 5.11. The molecule has 1 aromatic carbocycles. The fourth-order valence-electron chi connectivity index (χ4n) is 2.20. The Hall–Kier alpha value is -1.15. The second-order valence-electron chi connectivity index (χ2n) is 5.82. The topological polar surface area (TPSA) is 50.4 Å². The van der Waals surface area contributed by atoms with Crippen LogP contribution in [0.15, 0.2) is 46.8 Å². The molecule has 0 atom stereocenters. The minimum Gasteiger partial charge on any atom is -0.370 e. The number of nitrogens with one attached hydrogen (secondary N) is 1. The maximum absolute atomic E-state index is 13.9. The molecule has 0 aliphatic heterocycles. The summed E-state index contributed by atoms with van der Waals surface area (Å²) in [4.78, 5) is 5.66. The Labute approximate surface area is 158 Å². The highest BCUT2D eigenvalue weighted by Crippen LogP contribution is 2.25. The van der Waals surface area contributed by atoms with Gasteiger partial charge in [-0.2, -0.15) is 0 Å². The van der Waals surface area contributed by atoms with Gasteiger partial charge in [-0.25, -0.2) is 4.39 Å². The van der Waals surface area contributed by atoms with Crippen molar-refractivity contribution in [2.45, 2.75) is 25.7 Å². The summed E-state index contributed by atoms with van der Waals surface area (Å²) in [6, 6.07) is 10.9. The van der Waals surface area contributed by atoms with Crippen molar-refractivity contribution in [3.63, 3.8) is 0 Å². The molecule has 0 unspecified atom stereocenters. The summed E-state index contributed by atoms with van der Waals surface area (Å²) in [6.07, 6.45) is 0.921. The summed E-state index contributed by atoms with van der Waals surface area (Å²) < 4.78 is 13.9. The lowest BCUT2D eigenvalue weighted by molar-refractivity contribution is 0.493. The maximum atomic E-state index is 13.9. The molecule has 0 aliphatic carbocycles. The Morgan fingerprint density at radius 1 is 1.26 bits per heavy atom. The van der Waals surface area contributed by atoms with E-state index in [1.54, 1.807) is 23.5 Å². The molecule has 3 N–H and O–H groups in total. The van der Waals surface area contributed by atoms with Crippen molar-refractivity contribution in [1.29, 1.82) is 0 Å². The molecule has 0 spiro atoms. The summed E-state index contributed by atoms with van der Waals surface area (Å²) in [5, 5.41) is 5.16. The molecule has 0 radical (unpaired) electrons. The highest BCUT2D eigenvalue weighted by atomic mass is 127. The van der Waals surface area contributed by atoms with E-state index in [2.05, 4.69) is 21.8 Å². The van der Waals surface area contributed by atoms with Gasteiger partial charge in [0.2, 0.25) is 0 Å². The number of thiophene rings is 1. The second-order valence-corrected chi connectivity index (χ2v) is 6.85. The molecule has 0 saturated carbocycles. The molecular weight excluding hydrogens is 424 g/mol. The van der Waals surface area contributed by atoms with E-state index in [1.807, 2.05) is 26.0 Å². The van der Waals surface area contributed by atoms with Gasteiger partial charge in [-0.3, -0.25) is 4.99 Å². The number of nitrogens with zero attached hydrogens (tertiary/aromatic N) is 1. The fourth-order valence-corrected chi connectivity index (χ4v) is 2.91. The van der Waals surface area contributed by atoms with Crippen LogP contribution in [0.1, 0.15) is 24.3 Å². The highest BCUT2D eigenvalue weighted by molar-refractivity contribution is 14.0. The van der Waals surface area contributed by atoms with Crippen LogP contribution in [0.4, 0.5) is 4.39 Å². The molecule has 1 aromatic heterocycles. The molecular formula is C17H23FIN3S. The zero-order chi connectivity index (χ0) is 16.0. The van der Waals surface area contributed by atoms with Gasteiger partial charge in [0.1, 0.15) is 5.82 Å². The van der Waals surface area contributed by atoms with E-state index in [1.165, 1.54) is 10.9 Å². The Balaban J connectivity index is 0.00000264. The van der Waals surface area contributed by atoms with E-state index in [-0.39, 0.29) is 29.8 Å². The van der Waals surface area contributed by atoms with Crippen LogP contribution in [0.5, 0.6) is 0 Å². The van der Waals surface area contributed by atoms with Crippen LogP contribution < -0.4 is 11.1 Å². The summed E-state index contributed by atoms with van der Waals surface area (Å²) >= 11 is 1.73. The van der Waals surface area contributed by atoms with Gasteiger partial charge in [-0.15, -0.1) is 35.3 Å². The molecule has 126 valence electrons. The van der Waals surface area contributed by atoms with Crippen LogP contribution in [0, 0.1) is 5.82 Å². The summed E-state index contributed by atoms with van der Waals surface area (Å²) in [7, 11) is 0. The lowest BCUT2D eigenvalue weighted by atomic mass is 9.84. The third-order valence-corrected chi connectivity index (χ3v) is 4.44. The van der Waals surface area contributed by atoms with E-state index in [0.29, 0.717) is 18.1 Å². The second kappa shape index (κ2) is 9.22. The largest absolute Gasteiger partial charge is 0.370 e. The molecule has 0 aliphatic rings. The predicted molar refractivity (Wildman–Crippen MR) is 107 cm³/mol. The van der Waals surface area contributed by atoms with Crippen LogP contribution in [0.2, 0.25) is 0 Å². The summed E-state index contributed by atoms with van der Waals surface area (Å²) in [5.74, 6) is 0.202. The molecule has 3 nitrogen and oxygen atoms in total. The lowest BCUT2D eigenvalue weighted by Crippen LogP contribution is -2.35. The molecule has 0 bridgehead atoms. The quantitative estimate of drug-likeness (QED) is 0.401. The number of halogens is 2. The van der Waals surface area contributed by atoms with Gasteiger partial charge in [0.15, 0.2) is 5.96 Å². The molecule has 2 rings (SSSR count). The standard InChI is InChI=1S/C17H22FN3S.HI/c1-17(2,14-7-3-4-8-15(14)18)12-21-16(19)20-10-9-13-6-5-11-22-13;/h3-8,11H,9-10,12H2,1-2H3,(H3,19,20,21);1H. The zero-order valence-corrected chi connectivity index (χ0v) is 16.5. The third-order valence-electron chi connectivity index (χ3n) is 3.51. The van der Waals surface area contributed by atoms with Crippen LogP contribution in [-0.4, -0.2) is 19.0 Å². The van der Waals surface area contributed by atoms with Crippen LogP contribution in [-0.2, 0) is 11.8 Å². The maximum Gasteiger partial charge on any atom is 0.188 e. The average molecular weight is 447 g/mol. The Kier molecular flexibility index (Phi) is 7.98. The smallest absolute Gasteiger partial charge is 0.188 e. The van der Waals surface area contributed by atoms with Crippen molar-refractivity contribution in [2.75, 3.05) is 13.1 Å². The molecule has 23 heavy (non-hydrogen) atoms. The Morgan fingerprint density at radius 2 is 2.00 bits per heavy atom. The normalized spacial score (nSPS) is 11.9. The van der Waals surface area contributed by atoms with Crippen molar-refractivity contribution in [1.82, 2.24) is 5.32 Å². The van der Waals surface area contributed by atoms with Gasteiger partial charge < -0.3 is 11.1 Å². The monoisotopic (exact) mass is 447 g/mol. The number of benzene rings is 1. The summed E-state index contributed by atoms with van der Waals surface area (Å²) in [5.41, 5.74) is 6.15. The van der Waals surface area contributed by atoms with E-state index >= 15 is 0 Å². The molecule has 0 fully saturated rings. The zero-order valence-electron chi connectivity index (χ0n) is 13.4. The molecule has 2 aromatic rings. The lowest BCUT2D eigenvalue weighted by Gasteiger charge is -2.23. The SMILES string of the molecule is CC(C)(CN=C(N)NCCc1cccs1)c1ccccc1F.I. The number of guanidine groups is 1. The highest BCUT2D eigenvalue weighted by Gasteiger charge is 2.23. The average Bonchev–Trinajstić information content (AvgIpc) is 2.99. The number of hydrogen-bond donors (Lipinski definition) is 2. The van der Waals surface area contributed by atoms with Crippen LogP contribution in [0.25, 0.3) is 0 Å². The fraction of sp³-hybridized carbons (Fsp3) is 0.353. The number of rotatable bonds is 6. The first-order valence-electron chi connectivity index (χ1n) is 7.30. The molecule has 1 heterocycles. The first-order chi connectivity index (χ1) is 10.5. The number of aliphatic imine (C=N–C) groups is 1. The van der Waals surface area contributed by atoms with Crippen LogP contribution >= 0.6 is 35.3 Å². The van der Waals surface area contributed by atoms with Crippen LogP contribution in [0.3, 0.4) is 0 Å². The van der Waals surface area contributed by atoms with E-state index in [9.17, 15) is 4.39 Å². The number of nitrogens with two attached hydrogens (primary N) is 1. The molecule has 6 heteroatoms. The van der Waals surface area contributed by atoms with Crippen molar-refractivity contribution in [2.24, 2.45) is 10.7 Å². The minimum absolute atomic E-state index is 0. The van der Waals surface area contributed by atoms with Gasteiger partial charge in [-0.05, 0) is 29.5 Å². The van der Waals surface area contributed by atoms with Gasteiger partial charge in [-0.1, -0.05) is 38.1 Å². The third kappa shape index (κ3) is 6.10. The van der Waals surface area contributed by atoms with Gasteiger partial charge in [0.05, 0.1) is 6.54 Å². The van der Waals surface area contributed by atoms with E-state index in [4.69, 9.17) is 5.73 Å². The van der Waals surface area contributed by atoms with Gasteiger partial charge in [0, 0.05) is 16.8 Å². The van der Waals surface area contributed by atoms with Crippen molar-refractivity contribution < 1.29 is 4.39 Å². The first kappa shape index (κ1) is 19.9. The van der Waals surface area contributed by atoms with E-state index < -0.39 is 5.41 Å². The van der Waals surface area contributed by atoms with Crippen molar-refractivity contribution in [3.05, 3.63) is 58.0 Å². The van der Waals surface area contributed by atoms with Crippen molar-refractivity contribution >= 4 is 41.3 Å². The Bertz CT molecular complexity index is 627. The van der Waals surface area contributed by atoms with Gasteiger partial charge >= 0.3 is 0 Å². The number of hydrogen-bond acceptors (Lipinski definition) is 2. The Morgan fingerprint density at radius 3 is 2.65 bits per heavy atom. The minimum atomic E-state index is -0.397. The van der Waals surface area contributed by atoms with Crippen molar-refractivity contribution in [3.8, 4) is 0 Å². The van der Waals surface area contributed by atoms with E-state index in [0.717, 1.165) is 13.0 Å². The molecule has 0 amide bonds. The first-order valence-corrected chi connectivity index (χ1v) is 8.18.